The third kappa shape index (κ3) is 6.46. The van der Waals surface area contributed by atoms with E-state index >= 15 is 0 Å². The van der Waals surface area contributed by atoms with E-state index in [9.17, 15) is 18.0 Å². The van der Waals surface area contributed by atoms with Crippen molar-refractivity contribution in [3.05, 3.63) is 89.6 Å². The summed E-state index contributed by atoms with van der Waals surface area (Å²) < 4.78 is 39.2. The second-order valence-corrected chi connectivity index (χ2v) is 8.76. The summed E-state index contributed by atoms with van der Waals surface area (Å²) >= 11 is 7.26. The Morgan fingerprint density at radius 1 is 0.917 bits per heavy atom. The minimum atomic E-state index is -4.64. The smallest absolute Gasteiger partial charge is 0.324 e. The molecule has 0 fully saturated rings. The van der Waals surface area contributed by atoms with Gasteiger partial charge in [-0.05, 0) is 60.9 Å². The first-order chi connectivity index (χ1) is 17.2. The van der Waals surface area contributed by atoms with E-state index in [0.717, 1.165) is 28.3 Å². The topological polar surface area (TPSA) is 78.9 Å². The molecule has 1 aromatic heterocycles. The number of urea groups is 1. The lowest BCUT2D eigenvalue weighted by Gasteiger charge is -2.13. The number of hydrogen-bond acceptors (Lipinski definition) is 5. The van der Waals surface area contributed by atoms with Crippen LogP contribution in [0.5, 0.6) is 0 Å². The van der Waals surface area contributed by atoms with Crippen molar-refractivity contribution in [2.24, 2.45) is 0 Å². The number of hydrogen-bond donors (Lipinski definition) is 3. The third-order valence-electron chi connectivity index (χ3n) is 4.93. The minimum absolute atomic E-state index is 0.0470. The molecule has 0 unspecified atom stereocenters. The molecule has 0 atom stereocenters. The summed E-state index contributed by atoms with van der Waals surface area (Å²) in [7, 11) is 0. The standard InChI is InChI=1S/C25H19ClF3N5OS/c1-36-19-7-2-4-15(12-19)22-10-11-30-23(34-22)31-16-5-3-6-17(13-16)32-24(35)33-18-8-9-21(26)20(14-18)25(27,28)29/h2-14H,1H3,(H,30,31,34)(H2,32,33,35). The molecule has 0 saturated carbocycles. The number of rotatable bonds is 6. The molecule has 1 heterocycles. The van der Waals surface area contributed by atoms with Gasteiger partial charge in [0.2, 0.25) is 5.95 Å². The van der Waals surface area contributed by atoms with Gasteiger partial charge in [0.25, 0.3) is 0 Å². The highest BCUT2D eigenvalue weighted by Gasteiger charge is 2.33. The van der Waals surface area contributed by atoms with Crippen molar-refractivity contribution in [1.82, 2.24) is 9.97 Å². The molecule has 0 spiro atoms. The van der Waals surface area contributed by atoms with Crippen LogP contribution >= 0.6 is 23.4 Å². The summed E-state index contributed by atoms with van der Waals surface area (Å²) in [5.41, 5.74) is 1.64. The molecule has 11 heteroatoms. The van der Waals surface area contributed by atoms with E-state index in [2.05, 4.69) is 25.9 Å². The fourth-order valence-corrected chi connectivity index (χ4v) is 3.96. The number of halogens is 4. The second kappa shape index (κ2) is 10.9. The molecule has 0 aliphatic carbocycles. The number of carbonyl (C=O) groups is 1. The first-order valence-corrected chi connectivity index (χ1v) is 12.1. The fraction of sp³-hybridized carbons (Fsp3) is 0.0800. The lowest BCUT2D eigenvalue weighted by molar-refractivity contribution is -0.137. The minimum Gasteiger partial charge on any atom is -0.324 e. The zero-order valence-electron chi connectivity index (χ0n) is 18.7. The zero-order valence-corrected chi connectivity index (χ0v) is 20.3. The maximum absolute atomic E-state index is 13.1. The molecule has 2 amide bonds. The molecular formula is C25H19ClF3N5OS. The van der Waals surface area contributed by atoms with Gasteiger partial charge in [-0.1, -0.05) is 29.8 Å². The molecule has 0 saturated heterocycles. The maximum Gasteiger partial charge on any atom is 0.417 e. The van der Waals surface area contributed by atoms with E-state index in [0.29, 0.717) is 17.3 Å². The van der Waals surface area contributed by atoms with Crippen molar-refractivity contribution in [2.75, 3.05) is 22.2 Å². The first-order valence-electron chi connectivity index (χ1n) is 10.5. The summed E-state index contributed by atoms with van der Waals surface area (Å²) in [6.07, 6.45) is -0.988. The third-order valence-corrected chi connectivity index (χ3v) is 5.98. The lowest BCUT2D eigenvalue weighted by atomic mass is 10.1. The van der Waals surface area contributed by atoms with Gasteiger partial charge < -0.3 is 16.0 Å². The summed E-state index contributed by atoms with van der Waals surface area (Å²) in [6, 6.07) is 19.0. The van der Waals surface area contributed by atoms with Crippen LogP contribution in [-0.4, -0.2) is 22.3 Å². The number of anilines is 4. The summed E-state index contributed by atoms with van der Waals surface area (Å²) in [4.78, 5) is 22.3. The maximum atomic E-state index is 13.1. The average Bonchev–Trinajstić information content (AvgIpc) is 2.85. The van der Waals surface area contributed by atoms with E-state index in [4.69, 9.17) is 11.6 Å². The van der Waals surface area contributed by atoms with Crippen LogP contribution in [0.15, 0.2) is 83.9 Å². The van der Waals surface area contributed by atoms with Gasteiger partial charge in [-0.25, -0.2) is 14.8 Å². The quantitative estimate of drug-likeness (QED) is 0.221. The number of alkyl halides is 3. The number of nitrogens with zero attached hydrogens (tertiary/aromatic N) is 2. The average molecular weight is 530 g/mol. The Bertz CT molecular complexity index is 1400. The second-order valence-electron chi connectivity index (χ2n) is 7.47. The Hall–Kier alpha value is -3.76. The van der Waals surface area contributed by atoms with E-state index in [1.54, 1.807) is 42.2 Å². The van der Waals surface area contributed by atoms with Gasteiger partial charge in [0.1, 0.15) is 0 Å². The zero-order chi connectivity index (χ0) is 25.7. The van der Waals surface area contributed by atoms with E-state index in [-0.39, 0.29) is 5.69 Å². The lowest BCUT2D eigenvalue weighted by Crippen LogP contribution is -2.20. The van der Waals surface area contributed by atoms with E-state index in [1.165, 1.54) is 6.07 Å². The van der Waals surface area contributed by atoms with Gasteiger partial charge in [0.05, 0.1) is 16.3 Å². The number of nitrogens with one attached hydrogen (secondary N) is 3. The molecule has 36 heavy (non-hydrogen) atoms. The predicted octanol–water partition coefficient (Wildman–Crippen LogP) is 7.93. The Kier molecular flexibility index (Phi) is 7.66. The van der Waals surface area contributed by atoms with Gasteiger partial charge in [0.15, 0.2) is 0 Å². The Labute approximate surface area is 214 Å². The van der Waals surface area contributed by atoms with Crippen molar-refractivity contribution in [3.63, 3.8) is 0 Å². The Balaban J connectivity index is 1.45. The van der Waals surface area contributed by atoms with Crippen LogP contribution in [0.2, 0.25) is 5.02 Å². The van der Waals surface area contributed by atoms with Crippen LogP contribution in [0.25, 0.3) is 11.3 Å². The Morgan fingerprint density at radius 3 is 2.39 bits per heavy atom. The van der Waals surface area contributed by atoms with Crippen LogP contribution in [0.1, 0.15) is 5.56 Å². The molecular weight excluding hydrogens is 511 g/mol. The molecule has 4 rings (SSSR count). The van der Waals surface area contributed by atoms with Crippen molar-refractivity contribution in [3.8, 4) is 11.3 Å². The highest BCUT2D eigenvalue weighted by Crippen LogP contribution is 2.36. The summed E-state index contributed by atoms with van der Waals surface area (Å²) in [5, 5.41) is 7.62. The monoisotopic (exact) mass is 529 g/mol. The summed E-state index contributed by atoms with van der Waals surface area (Å²) in [6.45, 7) is 0. The van der Waals surface area contributed by atoms with Crippen molar-refractivity contribution < 1.29 is 18.0 Å². The predicted molar refractivity (Wildman–Crippen MR) is 138 cm³/mol. The SMILES string of the molecule is CSc1cccc(-c2ccnc(Nc3cccc(NC(=O)Nc4ccc(Cl)c(C(F)(F)F)c4)c3)n2)c1. The molecule has 3 aromatic carbocycles. The number of benzene rings is 3. The summed E-state index contributed by atoms with van der Waals surface area (Å²) in [5.74, 6) is 0.365. The first kappa shape index (κ1) is 25.3. The normalized spacial score (nSPS) is 11.1. The van der Waals surface area contributed by atoms with Gasteiger partial charge in [-0.2, -0.15) is 13.2 Å². The van der Waals surface area contributed by atoms with Crippen LogP contribution in [-0.2, 0) is 6.18 Å². The van der Waals surface area contributed by atoms with Gasteiger partial charge >= 0.3 is 12.2 Å². The van der Waals surface area contributed by atoms with Crippen molar-refractivity contribution in [2.45, 2.75) is 11.1 Å². The number of amides is 2. The van der Waals surface area contributed by atoms with Crippen molar-refractivity contribution in [1.29, 1.82) is 0 Å². The molecule has 0 aliphatic rings. The molecule has 0 aliphatic heterocycles. The largest absolute Gasteiger partial charge is 0.417 e. The van der Waals surface area contributed by atoms with Crippen molar-refractivity contribution >= 4 is 52.4 Å². The van der Waals surface area contributed by atoms with Crippen LogP contribution in [0.4, 0.5) is 41.0 Å². The van der Waals surface area contributed by atoms with Gasteiger partial charge in [-0.3, -0.25) is 0 Å². The van der Waals surface area contributed by atoms with E-state index in [1.807, 2.05) is 36.6 Å². The molecule has 3 N–H and O–H groups in total. The molecule has 4 aromatic rings. The molecule has 0 radical (unpaired) electrons. The van der Waals surface area contributed by atoms with Crippen LogP contribution in [0, 0.1) is 0 Å². The highest BCUT2D eigenvalue weighted by atomic mass is 35.5. The fourth-order valence-electron chi connectivity index (χ4n) is 3.28. The van der Waals surface area contributed by atoms with E-state index < -0.39 is 22.8 Å². The molecule has 0 bridgehead atoms. The number of thioether (sulfide) groups is 1. The van der Waals surface area contributed by atoms with Gasteiger partial charge in [0, 0.05) is 33.7 Å². The van der Waals surface area contributed by atoms with Crippen LogP contribution < -0.4 is 16.0 Å². The Morgan fingerprint density at radius 2 is 1.64 bits per heavy atom. The van der Waals surface area contributed by atoms with Gasteiger partial charge in [-0.15, -0.1) is 11.8 Å². The number of aromatic nitrogens is 2. The highest BCUT2D eigenvalue weighted by molar-refractivity contribution is 7.98. The molecule has 184 valence electrons. The number of carbonyl (C=O) groups excluding carboxylic acids is 1. The van der Waals surface area contributed by atoms with Crippen LogP contribution in [0.3, 0.4) is 0 Å². The molecule has 6 nitrogen and oxygen atoms in total.